The molecule has 1 unspecified atom stereocenters. The standard InChI is InChI=1S/C38H74O4/c1-3-5-7-9-10-11-12-13-14-15-16-17-18-19-20-21-22-27-31-35-38(41)42-36(32-28-8-6-4-2)33-29-25-23-24-26-30-34-37(39)40/h36H,3-35H2,1-2H3,(H,39,40). The molecule has 0 rings (SSSR count). The van der Waals surface area contributed by atoms with Crippen molar-refractivity contribution in [1.29, 1.82) is 0 Å². The molecule has 0 aromatic heterocycles. The summed E-state index contributed by atoms with van der Waals surface area (Å²) in [6, 6.07) is 0. The minimum absolute atomic E-state index is 0.0103. The molecule has 0 aromatic carbocycles. The number of unbranched alkanes of at least 4 members (excludes halogenated alkanes) is 26. The summed E-state index contributed by atoms with van der Waals surface area (Å²) in [6.07, 6.45) is 40.0. The second kappa shape index (κ2) is 34.4. The molecule has 250 valence electrons. The fraction of sp³-hybridized carbons (Fsp3) is 0.947. The highest BCUT2D eigenvalue weighted by Crippen LogP contribution is 2.19. The van der Waals surface area contributed by atoms with Crippen molar-refractivity contribution < 1.29 is 19.4 Å². The molecular formula is C38H74O4. The fourth-order valence-electron chi connectivity index (χ4n) is 6.01. The summed E-state index contributed by atoms with van der Waals surface area (Å²) in [5, 5.41) is 8.73. The fourth-order valence-corrected chi connectivity index (χ4v) is 6.01. The number of ether oxygens (including phenoxy) is 1. The number of rotatable bonds is 35. The molecule has 0 aromatic rings. The number of carboxylic acids is 1. The van der Waals surface area contributed by atoms with Crippen LogP contribution in [0, 0.1) is 0 Å². The number of esters is 1. The van der Waals surface area contributed by atoms with E-state index in [4.69, 9.17) is 9.84 Å². The van der Waals surface area contributed by atoms with Crippen LogP contribution in [0.25, 0.3) is 0 Å². The van der Waals surface area contributed by atoms with Gasteiger partial charge in [-0.2, -0.15) is 0 Å². The first-order chi connectivity index (χ1) is 20.6. The second-order valence-corrected chi connectivity index (χ2v) is 13.1. The lowest BCUT2D eigenvalue weighted by molar-refractivity contribution is -0.150. The van der Waals surface area contributed by atoms with Gasteiger partial charge in [0.05, 0.1) is 0 Å². The van der Waals surface area contributed by atoms with Crippen LogP contribution in [0.4, 0.5) is 0 Å². The van der Waals surface area contributed by atoms with Crippen LogP contribution in [0.2, 0.25) is 0 Å². The molecule has 0 aliphatic heterocycles. The smallest absolute Gasteiger partial charge is 0.306 e. The van der Waals surface area contributed by atoms with Crippen LogP contribution in [0.5, 0.6) is 0 Å². The Morgan fingerprint density at radius 1 is 0.429 bits per heavy atom. The molecule has 0 heterocycles. The largest absolute Gasteiger partial charge is 0.481 e. The van der Waals surface area contributed by atoms with Gasteiger partial charge in [-0.3, -0.25) is 9.59 Å². The first-order valence-corrected chi connectivity index (χ1v) is 19.0. The van der Waals surface area contributed by atoms with E-state index in [2.05, 4.69) is 13.8 Å². The summed E-state index contributed by atoms with van der Waals surface area (Å²) in [5.41, 5.74) is 0. The number of aliphatic carboxylic acids is 1. The van der Waals surface area contributed by atoms with Crippen LogP contribution in [0.15, 0.2) is 0 Å². The normalized spacial score (nSPS) is 12.0. The second-order valence-electron chi connectivity index (χ2n) is 13.1. The molecule has 42 heavy (non-hydrogen) atoms. The summed E-state index contributed by atoms with van der Waals surface area (Å²) >= 11 is 0. The summed E-state index contributed by atoms with van der Waals surface area (Å²) in [7, 11) is 0. The van der Waals surface area contributed by atoms with Crippen LogP contribution in [-0.4, -0.2) is 23.1 Å². The van der Waals surface area contributed by atoms with E-state index in [1.165, 1.54) is 128 Å². The van der Waals surface area contributed by atoms with Crippen molar-refractivity contribution in [3.05, 3.63) is 0 Å². The lowest BCUT2D eigenvalue weighted by Crippen LogP contribution is -2.18. The van der Waals surface area contributed by atoms with E-state index >= 15 is 0 Å². The maximum Gasteiger partial charge on any atom is 0.306 e. The third-order valence-electron chi connectivity index (χ3n) is 8.83. The zero-order valence-corrected chi connectivity index (χ0v) is 28.6. The molecule has 1 atom stereocenters. The van der Waals surface area contributed by atoms with Gasteiger partial charge in [0.25, 0.3) is 0 Å². The van der Waals surface area contributed by atoms with Crippen LogP contribution in [-0.2, 0) is 14.3 Å². The van der Waals surface area contributed by atoms with Gasteiger partial charge in [-0.1, -0.05) is 174 Å². The van der Waals surface area contributed by atoms with Gasteiger partial charge in [-0.15, -0.1) is 0 Å². The zero-order valence-electron chi connectivity index (χ0n) is 28.6. The number of carbonyl (C=O) groups is 2. The van der Waals surface area contributed by atoms with Crippen molar-refractivity contribution in [2.24, 2.45) is 0 Å². The van der Waals surface area contributed by atoms with Crippen LogP contribution in [0.3, 0.4) is 0 Å². The molecule has 0 radical (unpaired) electrons. The minimum Gasteiger partial charge on any atom is -0.481 e. The van der Waals surface area contributed by atoms with Gasteiger partial charge >= 0.3 is 11.9 Å². The maximum absolute atomic E-state index is 12.5. The highest BCUT2D eigenvalue weighted by atomic mass is 16.5. The molecule has 0 aliphatic carbocycles. The number of hydrogen-bond acceptors (Lipinski definition) is 3. The quantitative estimate of drug-likeness (QED) is 0.0585. The van der Waals surface area contributed by atoms with E-state index in [0.717, 1.165) is 70.6 Å². The maximum atomic E-state index is 12.5. The Morgan fingerprint density at radius 3 is 1.07 bits per heavy atom. The Morgan fingerprint density at radius 2 is 0.714 bits per heavy atom. The van der Waals surface area contributed by atoms with Crippen molar-refractivity contribution in [3.63, 3.8) is 0 Å². The summed E-state index contributed by atoms with van der Waals surface area (Å²) in [6.45, 7) is 4.52. The molecule has 0 saturated heterocycles. The zero-order chi connectivity index (χ0) is 30.8. The van der Waals surface area contributed by atoms with Crippen LogP contribution < -0.4 is 0 Å². The number of carbonyl (C=O) groups excluding carboxylic acids is 1. The average Bonchev–Trinajstić information content (AvgIpc) is 2.97. The molecule has 0 amide bonds. The first kappa shape index (κ1) is 40.9. The Balaban J connectivity index is 3.67. The summed E-state index contributed by atoms with van der Waals surface area (Å²) in [5.74, 6) is -0.681. The van der Waals surface area contributed by atoms with Crippen molar-refractivity contribution in [1.82, 2.24) is 0 Å². The predicted molar refractivity (Wildman–Crippen MR) is 181 cm³/mol. The lowest BCUT2D eigenvalue weighted by atomic mass is 10.0. The molecule has 0 spiro atoms. The van der Waals surface area contributed by atoms with E-state index in [1.54, 1.807) is 0 Å². The van der Waals surface area contributed by atoms with E-state index in [9.17, 15) is 9.59 Å². The molecule has 0 saturated carbocycles. The molecule has 0 aliphatic rings. The Hall–Kier alpha value is -1.06. The van der Waals surface area contributed by atoms with E-state index in [0.29, 0.717) is 6.42 Å². The lowest BCUT2D eigenvalue weighted by Gasteiger charge is -2.18. The highest BCUT2D eigenvalue weighted by Gasteiger charge is 2.14. The minimum atomic E-state index is -0.692. The molecule has 1 N–H and O–H groups in total. The average molecular weight is 595 g/mol. The van der Waals surface area contributed by atoms with Crippen molar-refractivity contribution >= 4 is 11.9 Å². The highest BCUT2D eigenvalue weighted by molar-refractivity contribution is 5.69. The first-order valence-electron chi connectivity index (χ1n) is 19.0. The van der Waals surface area contributed by atoms with Gasteiger partial charge in [0.2, 0.25) is 0 Å². The van der Waals surface area contributed by atoms with Gasteiger partial charge < -0.3 is 9.84 Å². The number of carboxylic acid groups (broad SMARTS) is 1. The van der Waals surface area contributed by atoms with E-state index in [1.807, 2.05) is 0 Å². The third kappa shape index (κ3) is 33.4. The van der Waals surface area contributed by atoms with E-state index < -0.39 is 5.97 Å². The molecule has 0 bridgehead atoms. The van der Waals surface area contributed by atoms with Crippen LogP contribution >= 0.6 is 0 Å². The predicted octanol–water partition coefficient (Wildman–Crippen LogP) is 12.9. The molecule has 0 fully saturated rings. The SMILES string of the molecule is CCCCCCCCCCCCCCCCCCCCCC(=O)OC(CCCCCC)CCCCCCCCC(=O)O. The molecule has 4 heteroatoms. The third-order valence-corrected chi connectivity index (χ3v) is 8.83. The van der Waals surface area contributed by atoms with Crippen molar-refractivity contribution in [2.45, 2.75) is 232 Å². The van der Waals surface area contributed by atoms with Crippen molar-refractivity contribution in [2.75, 3.05) is 0 Å². The van der Waals surface area contributed by atoms with Gasteiger partial charge in [-0.05, 0) is 38.5 Å². The summed E-state index contributed by atoms with van der Waals surface area (Å²) < 4.78 is 5.93. The van der Waals surface area contributed by atoms with Gasteiger partial charge in [0, 0.05) is 12.8 Å². The topological polar surface area (TPSA) is 63.6 Å². The van der Waals surface area contributed by atoms with Gasteiger partial charge in [-0.25, -0.2) is 0 Å². The molecule has 4 nitrogen and oxygen atoms in total. The van der Waals surface area contributed by atoms with Crippen molar-refractivity contribution in [3.8, 4) is 0 Å². The van der Waals surface area contributed by atoms with Gasteiger partial charge in [0.1, 0.15) is 6.10 Å². The van der Waals surface area contributed by atoms with E-state index in [-0.39, 0.29) is 18.5 Å². The van der Waals surface area contributed by atoms with Gasteiger partial charge in [0.15, 0.2) is 0 Å². The monoisotopic (exact) mass is 595 g/mol. The summed E-state index contributed by atoms with van der Waals surface area (Å²) in [4.78, 5) is 23.1. The van der Waals surface area contributed by atoms with Crippen LogP contribution in [0.1, 0.15) is 226 Å². The Bertz CT molecular complexity index is 561. The Kier molecular flexibility index (Phi) is 33.6. The Labute approximate surface area is 262 Å². The number of hydrogen-bond donors (Lipinski definition) is 1. The molecular weight excluding hydrogens is 520 g/mol.